The van der Waals surface area contributed by atoms with Gasteiger partial charge in [-0.3, -0.25) is 0 Å². The van der Waals surface area contributed by atoms with Crippen molar-refractivity contribution in [1.29, 1.82) is 0 Å². The van der Waals surface area contributed by atoms with Crippen LogP contribution in [0, 0.1) is 13.8 Å². The molecule has 2 aromatic heterocycles. The van der Waals surface area contributed by atoms with Crippen LogP contribution in [0.15, 0.2) is 364 Å². The maximum atomic E-state index is 2.45. The third kappa shape index (κ3) is 10.8. The summed E-state index contributed by atoms with van der Waals surface area (Å²) < 4.78 is 4.90. The van der Waals surface area contributed by atoms with E-state index in [-0.39, 0.29) is 0 Å². The monoisotopic (exact) mass is 1200 g/mol. The molecule has 0 fully saturated rings. The van der Waals surface area contributed by atoms with E-state index < -0.39 is 0 Å². The van der Waals surface area contributed by atoms with Crippen molar-refractivity contribution in [2.24, 2.45) is 0 Å². The van der Waals surface area contributed by atoms with Gasteiger partial charge in [-0.2, -0.15) is 0 Å². The van der Waals surface area contributed by atoms with Gasteiger partial charge in [-0.05, 0) is 225 Å². The van der Waals surface area contributed by atoms with Crippen molar-refractivity contribution in [1.82, 2.24) is 9.13 Å². The van der Waals surface area contributed by atoms with Crippen LogP contribution in [0.25, 0.3) is 111 Å². The number of nitrogens with zero attached hydrogens (tertiary/aromatic N) is 4. The molecule has 4 nitrogen and oxygen atoms in total. The molecule has 0 spiro atoms. The zero-order valence-corrected chi connectivity index (χ0v) is 52.4. The zero-order chi connectivity index (χ0) is 62.9. The number of anilines is 6. The Bertz CT molecular complexity index is 4970. The maximum Gasteiger partial charge on any atom is 0.0570 e. The molecule has 0 aliphatic carbocycles. The Morgan fingerprint density at radius 2 is 0.426 bits per heavy atom. The second-order valence-corrected chi connectivity index (χ2v) is 24.2. The van der Waals surface area contributed by atoms with E-state index in [1.54, 1.807) is 0 Å². The van der Waals surface area contributed by atoms with Gasteiger partial charge in [-0.15, -0.1) is 0 Å². The number of fused-ring (bicyclic) bond motifs is 2. The van der Waals surface area contributed by atoms with E-state index in [1.807, 2.05) is 0 Å². The molecule has 0 bridgehead atoms. The highest BCUT2D eigenvalue weighted by Crippen LogP contribution is 2.44. The van der Waals surface area contributed by atoms with Crippen LogP contribution in [-0.4, -0.2) is 9.13 Å². The number of hydrogen-bond acceptors (Lipinski definition) is 2. The fraction of sp³-hybridized carbons (Fsp3) is 0.0222. The highest BCUT2D eigenvalue weighted by atomic mass is 15.1. The Morgan fingerprint density at radius 1 is 0.191 bits per heavy atom. The zero-order valence-electron chi connectivity index (χ0n) is 52.4. The Labute approximate surface area is 550 Å². The van der Waals surface area contributed by atoms with Gasteiger partial charge in [0.1, 0.15) is 0 Å². The fourth-order valence-corrected chi connectivity index (χ4v) is 13.8. The molecule has 0 unspecified atom stereocenters. The van der Waals surface area contributed by atoms with Crippen LogP contribution in [0.2, 0.25) is 0 Å². The van der Waals surface area contributed by atoms with E-state index in [9.17, 15) is 0 Å². The SMILES string of the molecule is Cc1c(-c2ccccc2)n(-c2ccc(N(c3ccccc3)c3ccc(-c4cccc(-c5ccccc5)c4)cc3)cc2)c2ccc(-c3ccc4c(c3)c(C)c(-c3ccccc3)n4-c3ccc(N(c4ccccc4)c4ccc(-c5cccc(-c6ccccc6)c5)cc4)cc3)cc12. The lowest BCUT2D eigenvalue weighted by Crippen LogP contribution is -2.10. The quantitative estimate of drug-likeness (QED) is 0.102. The number of benzene rings is 14. The molecule has 0 N–H and O–H groups in total. The molecule has 0 atom stereocenters. The lowest BCUT2D eigenvalue weighted by atomic mass is 9.99. The number of hydrogen-bond donors (Lipinski definition) is 0. The van der Waals surface area contributed by atoms with Gasteiger partial charge >= 0.3 is 0 Å². The number of aromatic nitrogens is 2. The lowest BCUT2D eigenvalue weighted by Gasteiger charge is -2.26. The van der Waals surface area contributed by atoms with Gasteiger partial charge < -0.3 is 18.9 Å². The summed E-state index contributed by atoms with van der Waals surface area (Å²) >= 11 is 0. The molecule has 446 valence electrons. The van der Waals surface area contributed by atoms with E-state index in [2.05, 4.69) is 397 Å². The second-order valence-electron chi connectivity index (χ2n) is 24.2. The predicted octanol–water partition coefficient (Wildman–Crippen LogP) is 24.8. The molecule has 0 aliphatic rings. The van der Waals surface area contributed by atoms with Crippen molar-refractivity contribution in [3.05, 3.63) is 375 Å². The summed E-state index contributed by atoms with van der Waals surface area (Å²) in [7, 11) is 0. The van der Waals surface area contributed by atoms with Crippen molar-refractivity contribution in [3.63, 3.8) is 0 Å². The molecule has 94 heavy (non-hydrogen) atoms. The molecule has 16 rings (SSSR count). The lowest BCUT2D eigenvalue weighted by molar-refractivity contribution is 1.12. The van der Waals surface area contributed by atoms with E-state index in [1.165, 1.54) is 100 Å². The Hall–Kier alpha value is -12.2. The molecule has 0 amide bonds. The molecule has 0 aliphatic heterocycles. The van der Waals surface area contributed by atoms with Gasteiger partial charge in [-0.25, -0.2) is 0 Å². The van der Waals surface area contributed by atoms with Gasteiger partial charge in [0.2, 0.25) is 0 Å². The van der Waals surface area contributed by atoms with Crippen LogP contribution >= 0.6 is 0 Å². The summed E-state index contributed by atoms with van der Waals surface area (Å²) in [5.74, 6) is 0. The molecular formula is C90H66N4. The third-order valence-corrected chi connectivity index (χ3v) is 18.5. The van der Waals surface area contributed by atoms with Crippen molar-refractivity contribution in [2.45, 2.75) is 13.8 Å². The summed E-state index contributed by atoms with van der Waals surface area (Å²) in [5.41, 5.74) is 30.1. The van der Waals surface area contributed by atoms with Crippen LogP contribution in [-0.2, 0) is 0 Å². The molecule has 16 aromatic rings. The minimum Gasteiger partial charge on any atom is -0.311 e. The first-order chi connectivity index (χ1) is 46.5. The highest BCUT2D eigenvalue weighted by molar-refractivity contribution is 6.00. The Kier molecular flexibility index (Phi) is 15.1. The summed E-state index contributed by atoms with van der Waals surface area (Å²) in [6.45, 7) is 4.57. The highest BCUT2D eigenvalue weighted by Gasteiger charge is 2.23. The van der Waals surface area contributed by atoms with Gasteiger partial charge in [0.05, 0.1) is 22.4 Å². The third-order valence-electron chi connectivity index (χ3n) is 18.5. The molecule has 14 aromatic carbocycles. The number of aryl methyl sites for hydroxylation is 2. The summed E-state index contributed by atoms with van der Waals surface area (Å²) in [5, 5.41) is 2.43. The molecule has 4 heteroatoms. The second kappa shape index (κ2) is 24.9. The van der Waals surface area contributed by atoms with E-state index in [0.29, 0.717) is 0 Å². The van der Waals surface area contributed by atoms with E-state index >= 15 is 0 Å². The molecule has 0 saturated heterocycles. The molecular weight excluding hydrogens is 1140 g/mol. The van der Waals surface area contributed by atoms with Crippen LogP contribution in [0.3, 0.4) is 0 Å². The number of para-hydroxylation sites is 2. The Balaban J connectivity index is 0.734. The first-order valence-electron chi connectivity index (χ1n) is 32.3. The van der Waals surface area contributed by atoms with E-state index in [4.69, 9.17) is 0 Å². The molecule has 2 heterocycles. The van der Waals surface area contributed by atoms with Gasteiger partial charge in [0, 0.05) is 56.3 Å². The average Bonchev–Trinajstić information content (AvgIpc) is 1.59. The van der Waals surface area contributed by atoms with Crippen molar-refractivity contribution < 1.29 is 0 Å². The fourth-order valence-electron chi connectivity index (χ4n) is 13.8. The first kappa shape index (κ1) is 57.0. The average molecular weight is 1200 g/mol. The van der Waals surface area contributed by atoms with Crippen molar-refractivity contribution in [2.75, 3.05) is 9.80 Å². The summed E-state index contributed by atoms with van der Waals surface area (Å²) in [6.07, 6.45) is 0. The van der Waals surface area contributed by atoms with Crippen molar-refractivity contribution in [3.8, 4) is 89.5 Å². The van der Waals surface area contributed by atoms with Gasteiger partial charge in [-0.1, -0.05) is 231 Å². The standard InChI is InChI=1S/C90H66N4/c1-63-85-61-75(43-57-87(85)93(89(63)69-27-13-5-14-28-69)83-53-49-81(50-54-83)91(77-35-17-7-18-36-77)79-45-39-67(40-46-79)73-33-21-31-71(59-73)65-23-9-3-10-24-65)76-44-58-88-86(62-76)64(2)90(70-29-15-6-16-30-70)94(88)84-55-51-82(52-56-84)92(78-37-19-8-20-38-78)80-47-41-68(42-48-80)74-34-22-32-72(60-74)66-25-11-4-12-26-66/h3-62H,1-2H3. The van der Waals surface area contributed by atoms with Crippen LogP contribution in [0.5, 0.6) is 0 Å². The minimum atomic E-state index is 1.08. The van der Waals surface area contributed by atoms with Gasteiger partial charge in [0.25, 0.3) is 0 Å². The normalized spacial score (nSPS) is 11.3. The summed E-state index contributed by atoms with van der Waals surface area (Å²) in [4.78, 5) is 4.69. The number of rotatable bonds is 15. The first-order valence-corrected chi connectivity index (χ1v) is 32.3. The van der Waals surface area contributed by atoms with Crippen LogP contribution < -0.4 is 9.80 Å². The molecule has 0 saturated carbocycles. The largest absolute Gasteiger partial charge is 0.311 e. The van der Waals surface area contributed by atoms with E-state index in [0.717, 1.165) is 56.5 Å². The van der Waals surface area contributed by atoms with Crippen LogP contribution in [0.4, 0.5) is 34.1 Å². The van der Waals surface area contributed by atoms with Crippen LogP contribution in [0.1, 0.15) is 11.1 Å². The smallest absolute Gasteiger partial charge is 0.0570 e. The Morgan fingerprint density at radius 3 is 0.745 bits per heavy atom. The maximum absolute atomic E-state index is 2.45. The van der Waals surface area contributed by atoms with Gasteiger partial charge in [0.15, 0.2) is 0 Å². The van der Waals surface area contributed by atoms with Crippen molar-refractivity contribution >= 4 is 55.9 Å². The summed E-state index contributed by atoms with van der Waals surface area (Å²) in [6, 6.07) is 132. The topological polar surface area (TPSA) is 16.3 Å². The molecule has 0 radical (unpaired) electrons. The minimum absolute atomic E-state index is 1.08. The predicted molar refractivity (Wildman–Crippen MR) is 397 cm³/mol.